The van der Waals surface area contributed by atoms with Crippen molar-refractivity contribution in [3.05, 3.63) is 36.4 Å². The van der Waals surface area contributed by atoms with Crippen molar-refractivity contribution in [1.29, 1.82) is 0 Å². The first-order valence-electron chi connectivity index (χ1n) is 1.91. The van der Waals surface area contributed by atoms with Crippen molar-refractivity contribution in [2.24, 2.45) is 0 Å². The zero-order valence-corrected chi connectivity index (χ0v) is 7.56. The van der Waals surface area contributed by atoms with E-state index in [-0.39, 0.29) is 25.0 Å². The van der Waals surface area contributed by atoms with Gasteiger partial charge in [-0.2, -0.15) is 36.4 Å². The summed E-state index contributed by atoms with van der Waals surface area (Å²) in [4.78, 5) is 0. The Kier molecular flexibility index (Phi) is 9.12. The van der Waals surface area contributed by atoms with Crippen LogP contribution in [0.4, 0.5) is 0 Å². The van der Waals surface area contributed by atoms with Gasteiger partial charge in [-0.15, -0.1) is 0 Å². The zero-order chi connectivity index (χ0) is 4.24. The van der Waals surface area contributed by atoms with Crippen LogP contribution in [0.3, 0.4) is 0 Å². The minimum absolute atomic E-state index is 0. The Morgan fingerprint density at radius 2 is 1.38 bits per heavy atom. The number of hydrogen-bond acceptors (Lipinski definition) is 0. The predicted molar refractivity (Wildman–Crippen MR) is 28.9 cm³/mol. The van der Waals surface area contributed by atoms with E-state index in [2.05, 4.69) is 6.07 Å². The normalized spacial score (nSPS) is 6.00. The van der Waals surface area contributed by atoms with Crippen molar-refractivity contribution in [1.82, 2.24) is 0 Å². The van der Waals surface area contributed by atoms with Gasteiger partial charge in [-0.25, -0.2) is 0 Å². The second-order valence-electron chi connectivity index (χ2n) is 1.08. The van der Waals surface area contributed by atoms with Crippen LogP contribution in [-0.2, 0) is 19.5 Å². The first kappa shape index (κ1) is 10.7. The Bertz CT molecular complexity index is 80.5. The zero-order valence-electron chi connectivity index (χ0n) is 4.59. The van der Waals surface area contributed by atoms with E-state index in [9.17, 15) is 0 Å². The van der Waals surface area contributed by atoms with Crippen LogP contribution in [0, 0.1) is 6.07 Å². The summed E-state index contributed by atoms with van der Waals surface area (Å²) < 4.78 is 0. The molecule has 0 amide bonds. The van der Waals surface area contributed by atoms with Crippen LogP contribution in [0.1, 0.15) is 0 Å². The van der Waals surface area contributed by atoms with Crippen LogP contribution in [-0.4, -0.2) is 5.48 Å². The fourth-order valence-corrected chi connectivity index (χ4v) is 0.342. The first-order valence-corrected chi connectivity index (χ1v) is 1.91. The molecule has 1 aromatic rings. The third kappa shape index (κ3) is 3.98. The second-order valence-corrected chi connectivity index (χ2v) is 1.08. The Balaban J connectivity index is 0. The molecule has 0 atom stereocenters. The van der Waals surface area contributed by atoms with Crippen molar-refractivity contribution in [3.63, 3.8) is 0 Å². The maximum absolute atomic E-state index is 2.89. The molecule has 40 valence electrons. The average Bonchev–Trinajstić information content (AvgIpc) is 1.72. The maximum Gasteiger partial charge on any atom is 0 e. The van der Waals surface area contributed by atoms with E-state index in [1.807, 2.05) is 30.3 Å². The summed E-state index contributed by atoms with van der Waals surface area (Å²) in [5, 5.41) is 0. The molecule has 0 unspecified atom stereocenters. The van der Waals surface area contributed by atoms with Crippen LogP contribution >= 0.6 is 0 Å². The van der Waals surface area contributed by atoms with Gasteiger partial charge in [-0.05, 0) is 0 Å². The van der Waals surface area contributed by atoms with E-state index >= 15 is 0 Å². The Morgan fingerprint density at radius 1 is 0.875 bits per heavy atom. The molecule has 0 radical (unpaired) electrons. The Hall–Kier alpha value is -0.197. The standard InChI is InChI=1S/C6H5.H2O.Zn/c1-2-4-6-5-3-1;;/h1-5H;1H2;/q-1;;. The fraction of sp³-hybridized carbons (Fsp3) is 0. The maximum atomic E-state index is 2.89. The van der Waals surface area contributed by atoms with Crippen LogP contribution in [0.2, 0.25) is 0 Å². The molecule has 0 aromatic heterocycles. The van der Waals surface area contributed by atoms with E-state index in [0.717, 1.165) is 0 Å². The number of hydrogen-bond donors (Lipinski definition) is 0. The van der Waals surface area contributed by atoms with Gasteiger partial charge in [0.1, 0.15) is 0 Å². The molecule has 0 heterocycles. The molecule has 0 aliphatic carbocycles. The van der Waals surface area contributed by atoms with E-state index in [0.29, 0.717) is 0 Å². The van der Waals surface area contributed by atoms with Gasteiger partial charge >= 0.3 is 0 Å². The summed E-state index contributed by atoms with van der Waals surface area (Å²) >= 11 is 0. The molecule has 0 saturated heterocycles. The van der Waals surface area contributed by atoms with Crippen molar-refractivity contribution in [2.75, 3.05) is 0 Å². The summed E-state index contributed by atoms with van der Waals surface area (Å²) in [7, 11) is 0. The third-order valence-electron chi connectivity index (χ3n) is 0.607. The molecule has 2 N–H and O–H groups in total. The largest absolute Gasteiger partial charge is 0.412 e. The number of benzene rings is 1. The van der Waals surface area contributed by atoms with Crippen LogP contribution in [0.25, 0.3) is 0 Å². The van der Waals surface area contributed by atoms with Crippen LogP contribution < -0.4 is 0 Å². The topological polar surface area (TPSA) is 31.5 Å². The van der Waals surface area contributed by atoms with Gasteiger partial charge in [0.05, 0.1) is 0 Å². The molecule has 0 aliphatic heterocycles. The summed E-state index contributed by atoms with van der Waals surface area (Å²) in [5.41, 5.74) is 0. The molecule has 1 aromatic carbocycles. The van der Waals surface area contributed by atoms with E-state index in [1.165, 1.54) is 0 Å². The van der Waals surface area contributed by atoms with Crippen LogP contribution in [0.5, 0.6) is 0 Å². The van der Waals surface area contributed by atoms with Gasteiger partial charge in [-0.3, -0.25) is 0 Å². The number of rotatable bonds is 0. The van der Waals surface area contributed by atoms with Gasteiger partial charge in [0.15, 0.2) is 0 Å². The average molecular weight is 161 g/mol. The van der Waals surface area contributed by atoms with E-state index in [1.54, 1.807) is 0 Å². The fourth-order valence-electron chi connectivity index (χ4n) is 0.342. The molecule has 0 saturated carbocycles. The molecule has 2 heteroatoms. The van der Waals surface area contributed by atoms with Gasteiger partial charge < -0.3 is 5.48 Å². The summed E-state index contributed by atoms with van der Waals surface area (Å²) in [5.74, 6) is 0. The Labute approximate surface area is 61.8 Å². The van der Waals surface area contributed by atoms with E-state index in [4.69, 9.17) is 0 Å². The first-order chi connectivity index (χ1) is 3.00. The minimum Gasteiger partial charge on any atom is -0.412 e. The van der Waals surface area contributed by atoms with Gasteiger partial charge in [0, 0.05) is 19.5 Å². The molecule has 8 heavy (non-hydrogen) atoms. The third-order valence-corrected chi connectivity index (χ3v) is 0.607. The van der Waals surface area contributed by atoms with Crippen molar-refractivity contribution >= 4 is 0 Å². The van der Waals surface area contributed by atoms with E-state index < -0.39 is 0 Å². The minimum atomic E-state index is 0. The quantitative estimate of drug-likeness (QED) is 0.395. The molecule has 0 aliphatic rings. The monoisotopic (exact) mass is 159 g/mol. The van der Waals surface area contributed by atoms with Gasteiger partial charge in [-0.1, -0.05) is 0 Å². The van der Waals surface area contributed by atoms with Crippen LogP contribution in [0.15, 0.2) is 30.3 Å². The van der Waals surface area contributed by atoms with Crippen molar-refractivity contribution < 1.29 is 25.0 Å². The molecular formula is C6H7OZn-. The van der Waals surface area contributed by atoms with Gasteiger partial charge in [0.25, 0.3) is 0 Å². The summed E-state index contributed by atoms with van der Waals surface area (Å²) in [6.45, 7) is 0. The molecule has 1 nitrogen and oxygen atoms in total. The summed E-state index contributed by atoms with van der Waals surface area (Å²) in [6.07, 6.45) is 0. The molecular weight excluding hydrogens is 153 g/mol. The molecule has 0 fully saturated rings. The van der Waals surface area contributed by atoms with Crippen molar-refractivity contribution in [3.8, 4) is 0 Å². The summed E-state index contributed by atoms with van der Waals surface area (Å²) in [6, 6.07) is 12.5. The Morgan fingerprint density at radius 3 is 1.50 bits per heavy atom. The SMILES string of the molecule is O.[Zn].[c-]1ccccc1. The second kappa shape index (κ2) is 6.80. The molecule has 1 rings (SSSR count). The van der Waals surface area contributed by atoms with Crippen molar-refractivity contribution in [2.45, 2.75) is 0 Å². The van der Waals surface area contributed by atoms with Gasteiger partial charge in [0.2, 0.25) is 0 Å². The molecule has 0 spiro atoms. The predicted octanol–water partition coefficient (Wildman–Crippen LogP) is 0.660. The molecule has 0 bridgehead atoms. The smallest absolute Gasteiger partial charge is 0 e.